The number of aliphatic imine (C=N–C) groups is 1. The average molecular weight is 344 g/mol. The molecule has 0 unspecified atom stereocenters. The van der Waals surface area contributed by atoms with Crippen LogP contribution >= 0.6 is 0 Å². The van der Waals surface area contributed by atoms with Gasteiger partial charge in [0.25, 0.3) is 0 Å². The van der Waals surface area contributed by atoms with E-state index in [1.165, 1.54) is 5.56 Å². The van der Waals surface area contributed by atoms with Crippen LogP contribution in [-0.4, -0.2) is 36.7 Å². The predicted molar refractivity (Wildman–Crippen MR) is 101 cm³/mol. The Labute approximate surface area is 149 Å². The van der Waals surface area contributed by atoms with E-state index in [0.29, 0.717) is 24.9 Å². The zero-order valence-corrected chi connectivity index (χ0v) is 15.7. The Morgan fingerprint density at radius 2 is 1.96 bits per heavy atom. The molecule has 0 fully saturated rings. The van der Waals surface area contributed by atoms with Gasteiger partial charge < -0.3 is 19.8 Å². The number of aromatic nitrogens is 1. The van der Waals surface area contributed by atoms with E-state index in [4.69, 9.17) is 9.15 Å². The quantitative estimate of drug-likeness (QED) is 0.596. The molecule has 0 amide bonds. The van der Waals surface area contributed by atoms with Crippen LogP contribution in [0.3, 0.4) is 0 Å². The molecule has 6 heteroatoms. The summed E-state index contributed by atoms with van der Waals surface area (Å²) in [5.74, 6) is 2.05. The van der Waals surface area contributed by atoms with Crippen LogP contribution in [0.2, 0.25) is 0 Å². The molecule has 1 heterocycles. The number of benzene rings is 1. The van der Waals surface area contributed by atoms with Gasteiger partial charge in [0, 0.05) is 25.8 Å². The molecule has 0 atom stereocenters. The third kappa shape index (κ3) is 5.90. The summed E-state index contributed by atoms with van der Waals surface area (Å²) in [6, 6.07) is 8.17. The van der Waals surface area contributed by atoms with E-state index in [9.17, 15) is 0 Å². The first-order chi connectivity index (χ1) is 11.9. The molecule has 25 heavy (non-hydrogen) atoms. The summed E-state index contributed by atoms with van der Waals surface area (Å²) in [5, 5.41) is 6.48. The summed E-state index contributed by atoms with van der Waals surface area (Å²) in [7, 11) is 1.70. The summed E-state index contributed by atoms with van der Waals surface area (Å²) in [5.41, 5.74) is 1.96. The number of rotatable bonds is 7. The molecule has 0 spiro atoms. The van der Waals surface area contributed by atoms with Crippen LogP contribution in [0.15, 0.2) is 39.9 Å². The maximum absolute atomic E-state index is 5.81. The molecule has 6 nitrogen and oxygen atoms in total. The Morgan fingerprint density at radius 1 is 1.24 bits per heavy atom. The zero-order chi connectivity index (χ0) is 18.3. The van der Waals surface area contributed by atoms with E-state index >= 15 is 0 Å². The van der Waals surface area contributed by atoms with Gasteiger partial charge in [0.05, 0.1) is 11.8 Å². The van der Waals surface area contributed by atoms with E-state index in [1.54, 1.807) is 13.3 Å². The van der Waals surface area contributed by atoms with Crippen molar-refractivity contribution in [2.24, 2.45) is 4.99 Å². The van der Waals surface area contributed by atoms with Crippen molar-refractivity contribution in [3.05, 3.63) is 41.9 Å². The first kappa shape index (κ1) is 19.0. The molecule has 0 aliphatic heterocycles. The molecule has 2 rings (SSSR count). The lowest BCUT2D eigenvalue weighted by atomic mass is 10.1. The predicted octanol–water partition coefficient (Wildman–Crippen LogP) is 3.13. The van der Waals surface area contributed by atoms with Gasteiger partial charge in [-0.05, 0) is 27.7 Å². The van der Waals surface area contributed by atoms with Gasteiger partial charge >= 0.3 is 0 Å². The maximum Gasteiger partial charge on any atom is 0.216 e. The van der Waals surface area contributed by atoms with Crippen molar-refractivity contribution < 1.29 is 9.15 Å². The van der Waals surface area contributed by atoms with E-state index in [1.807, 2.05) is 32.9 Å². The highest BCUT2D eigenvalue weighted by molar-refractivity contribution is 5.79. The Hall–Kier alpha value is -2.34. The molecule has 0 aliphatic rings. The summed E-state index contributed by atoms with van der Waals surface area (Å²) in [4.78, 5) is 8.84. The Balaban J connectivity index is 2.01. The fraction of sp³-hybridized carbons (Fsp3) is 0.474. The summed E-state index contributed by atoms with van der Waals surface area (Å²) < 4.78 is 11.2. The number of methoxy groups -OCH3 is 1. The van der Waals surface area contributed by atoms with Gasteiger partial charge in [0.1, 0.15) is 6.54 Å². The van der Waals surface area contributed by atoms with Crippen molar-refractivity contribution in [3.8, 4) is 11.3 Å². The van der Waals surface area contributed by atoms with Crippen molar-refractivity contribution >= 4 is 5.96 Å². The van der Waals surface area contributed by atoms with Crippen molar-refractivity contribution in [1.82, 2.24) is 15.6 Å². The van der Waals surface area contributed by atoms with Crippen LogP contribution in [0.5, 0.6) is 0 Å². The molecule has 1 aromatic carbocycles. The number of nitrogens with zero attached hydrogens (tertiary/aromatic N) is 2. The van der Waals surface area contributed by atoms with Gasteiger partial charge in [-0.2, -0.15) is 0 Å². The highest BCUT2D eigenvalue weighted by atomic mass is 16.5. The fourth-order valence-corrected chi connectivity index (χ4v) is 2.09. The molecular formula is C19H28N4O2. The van der Waals surface area contributed by atoms with Crippen LogP contribution in [0.4, 0.5) is 0 Å². The number of nitrogens with one attached hydrogen (secondary N) is 2. The first-order valence-electron chi connectivity index (χ1n) is 8.52. The maximum atomic E-state index is 5.81. The van der Waals surface area contributed by atoms with Crippen LogP contribution in [-0.2, 0) is 11.3 Å². The standard InChI is InChI=1S/C19H28N4O2/c1-6-20-18(23-13-19(3,4)24-5)22-12-17-21-11-16(25-17)15-9-7-14(2)8-10-15/h7-11H,6,12-13H2,1-5H3,(H2,20,22,23). The number of hydrogen-bond acceptors (Lipinski definition) is 4. The molecule has 0 bridgehead atoms. The third-order valence-corrected chi connectivity index (χ3v) is 3.84. The molecule has 136 valence electrons. The van der Waals surface area contributed by atoms with E-state index in [2.05, 4.69) is 39.7 Å². The van der Waals surface area contributed by atoms with Gasteiger partial charge in [-0.15, -0.1) is 0 Å². The van der Waals surface area contributed by atoms with Crippen LogP contribution in [0, 0.1) is 6.92 Å². The first-order valence-corrected chi connectivity index (χ1v) is 8.52. The highest BCUT2D eigenvalue weighted by Gasteiger charge is 2.16. The molecule has 0 aliphatic carbocycles. The second kappa shape index (κ2) is 8.67. The number of oxazole rings is 1. The number of guanidine groups is 1. The highest BCUT2D eigenvalue weighted by Crippen LogP contribution is 2.21. The number of aryl methyl sites for hydroxylation is 1. The van der Waals surface area contributed by atoms with Crippen LogP contribution < -0.4 is 10.6 Å². The van der Waals surface area contributed by atoms with Gasteiger partial charge in [-0.3, -0.25) is 0 Å². The lowest BCUT2D eigenvalue weighted by Crippen LogP contribution is -2.45. The van der Waals surface area contributed by atoms with Crippen molar-refractivity contribution in [2.75, 3.05) is 20.2 Å². The molecule has 2 aromatic rings. The normalized spacial score (nSPS) is 12.3. The van der Waals surface area contributed by atoms with Crippen molar-refractivity contribution in [1.29, 1.82) is 0 Å². The molecular weight excluding hydrogens is 316 g/mol. The summed E-state index contributed by atoms with van der Waals surface area (Å²) in [6.45, 7) is 9.92. The molecule has 0 saturated carbocycles. The van der Waals surface area contributed by atoms with Crippen molar-refractivity contribution in [2.45, 2.75) is 39.8 Å². The summed E-state index contributed by atoms with van der Waals surface area (Å²) in [6.07, 6.45) is 1.74. The van der Waals surface area contributed by atoms with Crippen LogP contribution in [0.1, 0.15) is 32.2 Å². The second-order valence-corrected chi connectivity index (χ2v) is 6.50. The van der Waals surface area contributed by atoms with E-state index in [-0.39, 0.29) is 5.60 Å². The number of hydrogen-bond donors (Lipinski definition) is 2. The molecule has 0 radical (unpaired) electrons. The number of ether oxygens (including phenoxy) is 1. The SMILES string of the molecule is CCNC(=NCc1ncc(-c2ccc(C)cc2)o1)NCC(C)(C)OC. The molecule has 2 N–H and O–H groups in total. The monoisotopic (exact) mass is 344 g/mol. The second-order valence-electron chi connectivity index (χ2n) is 6.50. The molecule has 0 saturated heterocycles. The van der Waals surface area contributed by atoms with Gasteiger partial charge in [0.15, 0.2) is 11.7 Å². The lowest BCUT2D eigenvalue weighted by molar-refractivity contribution is 0.0268. The van der Waals surface area contributed by atoms with E-state index < -0.39 is 0 Å². The Morgan fingerprint density at radius 3 is 2.60 bits per heavy atom. The minimum atomic E-state index is -0.266. The zero-order valence-electron chi connectivity index (χ0n) is 15.7. The topological polar surface area (TPSA) is 71.7 Å². The molecule has 1 aromatic heterocycles. The van der Waals surface area contributed by atoms with Gasteiger partial charge in [-0.1, -0.05) is 29.8 Å². The third-order valence-electron chi connectivity index (χ3n) is 3.84. The Kier molecular flexibility index (Phi) is 6.58. The van der Waals surface area contributed by atoms with Gasteiger partial charge in [-0.25, -0.2) is 9.98 Å². The van der Waals surface area contributed by atoms with E-state index in [0.717, 1.165) is 17.9 Å². The summed E-state index contributed by atoms with van der Waals surface area (Å²) >= 11 is 0. The average Bonchev–Trinajstić information content (AvgIpc) is 3.07. The van der Waals surface area contributed by atoms with Crippen LogP contribution in [0.25, 0.3) is 11.3 Å². The minimum absolute atomic E-state index is 0.266. The minimum Gasteiger partial charge on any atom is -0.439 e. The lowest BCUT2D eigenvalue weighted by Gasteiger charge is -2.24. The van der Waals surface area contributed by atoms with Crippen molar-refractivity contribution in [3.63, 3.8) is 0 Å². The smallest absolute Gasteiger partial charge is 0.216 e. The largest absolute Gasteiger partial charge is 0.439 e. The fourth-order valence-electron chi connectivity index (χ4n) is 2.09. The van der Waals surface area contributed by atoms with Gasteiger partial charge in [0.2, 0.25) is 5.89 Å². The Bertz CT molecular complexity index is 690.